The number of nitrogens with one attached hydrogen (secondary N) is 1. The van der Waals surface area contributed by atoms with Gasteiger partial charge in [0.05, 0.1) is 0 Å². The lowest BCUT2D eigenvalue weighted by Crippen LogP contribution is -2.37. The standard InChI is InChI=1S/C12H16BrNO2/c1-3-11(12(15)16)14-8(2)9-5-4-6-10(13)7-9/h4-8,11,14H,3H2,1-2H3,(H,15,16)/t8-,11?/m0/s1. The SMILES string of the molecule is CCC(N[C@@H](C)c1cccc(Br)c1)C(=O)O. The lowest BCUT2D eigenvalue weighted by Gasteiger charge is -2.19. The van der Waals surface area contributed by atoms with Gasteiger partial charge in [-0.3, -0.25) is 10.1 Å². The molecule has 4 heteroatoms. The maximum Gasteiger partial charge on any atom is 0.320 e. The van der Waals surface area contributed by atoms with Gasteiger partial charge in [0.2, 0.25) is 0 Å². The fraction of sp³-hybridized carbons (Fsp3) is 0.417. The van der Waals surface area contributed by atoms with Crippen LogP contribution in [0.4, 0.5) is 0 Å². The van der Waals surface area contributed by atoms with Gasteiger partial charge in [-0.15, -0.1) is 0 Å². The van der Waals surface area contributed by atoms with Crippen LogP contribution < -0.4 is 5.32 Å². The molecule has 0 saturated heterocycles. The molecule has 16 heavy (non-hydrogen) atoms. The molecule has 1 rings (SSSR count). The van der Waals surface area contributed by atoms with Crippen LogP contribution in [-0.4, -0.2) is 17.1 Å². The largest absolute Gasteiger partial charge is 0.480 e. The molecule has 2 atom stereocenters. The van der Waals surface area contributed by atoms with Gasteiger partial charge in [-0.05, 0) is 31.0 Å². The highest BCUT2D eigenvalue weighted by atomic mass is 79.9. The third-order valence-electron chi connectivity index (χ3n) is 2.51. The third-order valence-corrected chi connectivity index (χ3v) is 3.00. The van der Waals surface area contributed by atoms with Gasteiger partial charge in [-0.25, -0.2) is 0 Å². The van der Waals surface area contributed by atoms with E-state index in [0.717, 1.165) is 10.0 Å². The monoisotopic (exact) mass is 285 g/mol. The molecule has 0 amide bonds. The molecule has 0 aliphatic rings. The van der Waals surface area contributed by atoms with Crippen molar-refractivity contribution in [2.24, 2.45) is 0 Å². The van der Waals surface area contributed by atoms with E-state index in [1.54, 1.807) is 0 Å². The fourth-order valence-electron chi connectivity index (χ4n) is 1.54. The molecule has 0 radical (unpaired) electrons. The Morgan fingerprint density at radius 2 is 2.25 bits per heavy atom. The number of carbonyl (C=O) groups is 1. The highest BCUT2D eigenvalue weighted by Crippen LogP contribution is 2.18. The Morgan fingerprint density at radius 3 is 2.75 bits per heavy atom. The summed E-state index contributed by atoms with van der Waals surface area (Å²) in [6.07, 6.45) is 0.577. The van der Waals surface area contributed by atoms with Crippen LogP contribution in [0.3, 0.4) is 0 Å². The fourth-order valence-corrected chi connectivity index (χ4v) is 1.95. The molecule has 0 saturated carbocycles. The minimum Gasteiger partial charge on any atom is -0.480 e. The number of benzene rings is 1. The molecule has 0 aliphatic carbocycles. The average molecular weight is 286 g/mol. The Morgan fingerprint density at radius 1 is 1.56 bits per heavy atom. The maximum absolute atomic E-state index is 10.9. The summed E-state index contributed by atoms with van der Waals surface area (Å²) in [5, 5.41) is 12.0. The first kappa shape index (κ1) is 13.2. The van der Waals surface area contributed by atoms with E-state index < -0.39 is 12.0 Å². The molecule has 2 N–H and O–H groups in total. The van der Waals surface area contributed by atoms with Crippen molar-refractivity contribution in [3.63, 3.8) is 0 Å². The number of carboxylic acid groups (broad SMARTS) is 1. The van der Waals surface area contributed by atoms with E-state index in [-0.39, 0.29) is 6.04 Å². The van der Waals surface area contributed by atoms with Gasteiger partial charge in [0.1, 0.15) is 6.04 Å². The molecule has 0 heterocycles. The lowest BCUT2D eigenvalue weighted by molar-refractivity contribution is -0.139. The van der Waals surface area contributed by atoms with Crippen molar-refractivity contribution in [1.29, 1.82) is 0 Å². The zero-order valence-corrected chi connectivity index (χ0v) is 11.0. The molecule has 1 aromatic rings. The van der Waals surface area contributed by atoms with Crippen molar-refractivity contribution < 1.29 is 9.90 Å². The topological polar surface area (TPSA) is 49.3 Å². The number of aliphatic carboxylic acids is 1. The van der Waals surface area contributed by atoms with Crippen molar-refractivity contribution in [1.82, 2.24) is 5.32 Å². The normalized spacial score (nSPS) is 14.4. The van der Waals surface area contributed by atoms with Crippen LogP contribution in [0, 0.1) is 0 Å². The predicted octanol–water partition coefficient (Wildman–Crippen LogP) is 2.96. The van der Waals surface area contributed by atoms with E-state index in [1.165, 1.54) is 0 Å². The molecule has 0 bridgehead atoms. The van der Waals surface area contributed by atoms with Gasteiger partial charge in [0, 0.05) is 10.5 Å². The van der Waals surface area contributed by atoms with E-state index in [2.05, 4.69) is 21.2 Å². The molecule has 0 aromatic heterocycles. The molecule has 88 valence electrons. The number of carboxylic acids is 1. The van der Waals surface area contributed by atoms with Crippen LogP contribution in [0.15, 0.2) is 28.7 Å². The number of hydrogen-bond donors (Lipinski definition) is 2. The summed E-state index contributed by atoms with van der Waals surface area (Å²) < 4.78 is 1.00. The van der Waals surface area contributed by atoms with Crippen molar-refractivity contribution in [2.45, 2.75) is 32.4 Å². The Bertz CT molecular complexity index is 368. The second-order valence-electron chi connectivity index (χ2n) is 3.74. The Kier molecular flexibility index (Phi) is 4.96. The van der Waals surface area contributed by atoms with E-state index in [1.807, 2.05) is 38.1 Å². The molecule has 1 unspecified atom stereocenters. The Balaban J connectivity index is 2.71. The maximum atomic E-state index is 10.9. The molecule has 0 fully saturated rings. The first-order chi connectivity index (χ1) is 7.54. The van der Waals surface area contributed by atoms with E-state index in [9.17, 15) is 4.79 Å². The van der Waals surface area contributed by atoms with Gasteiger partial charge < -0.3 is 5.11 Å². The van der Waals surface area contributed by atoms with Crippen molar-refractivity contribution in [3.8, 4) is 0 Å². The zero-order valence-electron chi connectivity index (χ0n) is 9.40. The summed E-state index contributed by atoms with van der Waals surface area (Å²) in [5.41, 5.74) is 1.08. The minimum absolute atomic E-state index is 0.0264. The minimum atomic E-state index is -0.802. The molecular weight excluding hydrogens is 270 g/mol. The molecule has 0 spiro atoms. The van der Waals surface area contributed by atoms with Crippen LogP contribution in [0.2, 0.25) is 0 Å². The summed E-state index contributed by atoms with van der Waals surface area (Å²) in [6, 6.07) is 7.40. The first-order valence-corrected chi connectivity index (χ1v) is 6.08. The number of halogens is 1. The second-order valence-corrected chi connectivity index (χ2v) is 4.66. The number of rotatable bonds is 5. The first-order valence-electron chi connectivity index (χ1n) is 5.29. The summed E-state index contributed by atoms with van der Waals surface area (Å²) in [4.78, 5) is 10.9. The highest BCUT2D eigenvalue weighted by Gasteiger charge is 2.17. The van der Waals surface area contributed by atoms with E-state index in [0.29, 0.717) is 6.42 Å². The third kappa shape index (κ3) is 3.61. The van der Waals surface area contributed by atoms with Crippen LogP contribution >= 0.6 is 15.9 Å². The zero-order chi connectivity index (χ0) is 12.1. The van der Waals surface area contributed by atoms with Gasteiger partial charge in [-0.1, -0.05) is 35.0 Å². The summed E-state index contributed by atoms with van der Waals surface area (Å²) >= 11 is 3.40. The molecule has 3 nitrogen and oxygen atoms in total. The van der Waals surface area contributed by atoms with Gasteiger partial charge in [-0.2, -0.15) is 0 Å². The Hall–Kier alpha value is -0.870. The van der Waals surface area contributed by atoms with Gasteiger partial charge in [0.15, 0.2) is 0 Å². The Labute approximate surface area is 104 Å². The van der Waals surface area contributed by atoms with Gasteiger partial charge >= 0.3 is 5.97 Å². The van der Waals surface area contributed by atoms with Gasteiger partial charge in [0.25, 0.3) is 0 Å². The van der Waals surface area contributed by atoms with E-state index in [4.69, 9.17) is 5.11 Å². The quantitative estimate of drug-likeness (QED) is 0.875. The molecule has 0 aliphatic heterocycles. The summed E-state index contributed by atoms with van der Waals surface area (Å²) in [7, 11) is 0. The smallest absolute Gasteiger partial charge is 0.320 e. The van der Waals surface area contributed by atoms with E-state index >= 15 is 0 Å². The average Bonchev–Trinajstić information content (AvgIpc) is 2.25. The lowest BCUT2D eigenvalue weighted by atomic mass is 10.1. The number of hydrogen-bond acceptors (Lipinski definition) is 2. The second kappa shape index (κ2) is 6.01. The van der Waals surface area contributed by atoms with Crippen LogP contribution in [0.5, 0.6) is 0 Å². The summed E-state index contributed by atoms with van der Waals surface area (Å²) in [6.45, 7) is 3.83. The van der Waals surface area contributed by atoms with Crippen molar-refractivity contribution in [2.75, 3.05) is 0 Å². The molecular formula is C12H16BrNO2. The highest BCUT2D eigenvalue weighted by molar-refractivity contribution is 9.10. The summed E-state index contributed by atoms with van der Waals surface area (Å²) in [5.74, 6) is -0.802. The molecule has 1 aromatic carbocycles. The predicted molar refractivity (Wildman–Crippen MR) is 67.4 cm³/mol. The van der Waals surface area contributed by atoms with Crippen LogP contribution in [0.25, 0.3) is 0 Å². The van der Waals surface area contributed by atoms with Crippen molar-refractivity contribution >= 4 is 21.9 Å². The van der Waals surface area contributed by atoms with Crippen LogP contribution in [0.1, 0.15) is 31.9 Å². The van der Waals surface area contributed by atoms with Crippen molar-refractivity contribution in [3.05, 3.63) is 34.3 Å². The van der Waals surface area contributed by atoms with Crippen LogP contribution in [-0.2, 0) is 4.79 Å².